The number of hydrogen-bond donors (Lipinski definition) is 2. The van der Waals surface area contributed by atoms with Crippen LogP contribution in [0.15, 0.2) is 48.5 Å². The normalized spacial score (nSPS) is 15.2. The van der Waals surface area contributed by atoms with Crippen molar-refractivity contribution in [1.82, 2.24) is 15.1 Å². The second-order valence-corrected chi connectivity index (χ2v) is 8.08. The first-order chi connectivity index (χ1) is 15.3. The summed E-state index contributed by atoms with van der Waals surface area (Å²) in [5.41, 5.74) is 2.43. The van der Waals surface area contributed by atoms with E-state index in [0.717, 1.165) is 11.1 Å². The number of hydrogen-bond acceptors (Lipinski definition) is 4. The molecule has 2 aromatic carbocycles. The molecular weight excluding hydrogens is 411 g/mol. The van der Waals surface area contributed by atoms with Crippen LogP contribution in [0.3, 0.4) is 0 Å². The van der Waals surface area contributed by atoms with E-state index < -0.39 is 5.82 Å². The van der Waals surface area contributed by atoms with E-state index in [9.17, 15) is 18.8 Å². The highest BCUT2D eigenvalue weighted by Crippen LogP contribution is 2.19. The summed E-state index contributed by atoms with van der Waals surface area (Å²) < 4.78 is 13.3. The standard InChI is InChI=1S/C24H29FN4O3/c1-17-6-8-19(9-7-17)22(26-18(2)30)15-24(32)29-12-10-28(11-13-29)16-23(31)27-21-5-3-4-20(25)14-21/h3-9,14,22H,10-13,15-16H2,1-2H3,(H,26,30)(H,27,31)/t22-/m1/s1. The van der Waals surface area contributed by atoms with E-state index in [1.165, 1.54) is 19.1 Å². The van der Waals surface area contributed by atoms with Gasteiger partial charge in [0, 0.05) is 38.8 Å². The van der Waals surface area contributed by atoms with Crippen molar-refractivity contribution < 1.29 is 18.8 Å². The van der Waals surface area contributed by atoms with Gasteiger partial charge in [0.25, 0.3) is 0 Å². The number of piperazine rings is 1. The number of nitrogens with one attached hydrogen (secondary N) is 2. The summed E-state index contributed by atoms with van der Waals surface area (Å²) in [6.45, 7) is 5.75. The molecule has 1 heterocycles. The molecule has 0 bridgehead atoms. The molecule has 0 radical (unpaired) electrons. The first kappa shape index (κ1) is 23.4. The third-order valence-electron chi connectivity index (χ3n) is 5.44. The molecule has 0 unspecified atom stereocenters. The Bertz CT molecular complexity index is 956. The van der Waals surface area contributed by atoms with Crippen molar-refractivity contribution >= 4 is 23.4 Å². The van der Waals surface area contributed by atoms with Gasteiger partial charge in [-0.05, 0) is 30.7 Å². The Morgan fingerprint density at radius 2 is 1.72 bits per heavy atom. The SMILES string of the molecule is CC(=O)N[C@H](CC(=O)N1CCN(CC(=O)Nc2cccc(F)c2)CC1)c1ccc(C)cc1. The molecule has 1 atom stereocenters. The second kappa shape index (κ2) is 10.9. The average molecular weight is 441 g/mol. The van der Waals surface area contributed by atoms with Gasteiger partial charge in [0.2, 0.25) is 17.7 Å². The molecule has 2 aromatic rings. The number of carbonyl (C=O) groups is 3. The predicted octanol–water partition coefficient (Wildman–Crippen LogP) is 2.48. The van der Waals surface area contributed by atoms with Crippen LogP contribution in [-0.2, 0) is 14.4 Å². The van der Waals surface area contributed by atoms with E-state index in [1.807, 2.05) is 36.1 Å². The first-order valence-corrected chi connectivity index (χ1v) is 10.7. The van der Waals surface area contributed by atoms with E-state index in [1.54, 1.807) is 17.0 Å². The topological polar surface area (TPSA) is 81.8 Å². The van der Waals surface area contributed by atoms with Gasteiger partial charge in [0.1, 0.15) is 5.82 Å². The van der Waals surface area contributed by atoms with Crippen molar-refractivity contribution in [2.45, 2.75) is 26.3 Å². The molecule has 3 amide bonds. The lowest BCUT2D eigenvalue weighted by Crippen LogP contribution is -2.51. The van der Waals surface area contributed by atoms with E-state index >= 15 is 0 Å². The van der Waals surface area contributed by atoms with Crippen molar-refractivity contribution in [1.29, 1.82) is 0 Å². The van der Waals surface area contributed by atoms with Crippen molar-refractivity contribution in [3.63, 3.8) is 0 Å². The Labute approximate surface area is 187 Å². The Kier molecular flexibility index (Phi) is 7.94. The quantitative estimate of drug-likeness (QED) is 0.693. The predicted molar refractivity (Wildman–Crippen MR) is 120 cm³/mol. The maximum absolute atomic E-state index is 13.3. The van der Waals surface area contributed by atoms with E-state index in [-0.39, 0.29) is 36.7 Å². The number of amides is 3. The van der Waals surface area contributed by atoms with Gasteiger partial charge >= 0.3 is 0 Å². The smallest absolute Gasteiger partial charge is 0.238 e. The van der Waals surface area contributed by atoms with Crippen LogP contribution in [0.4, 0.5) is 10.1 Å². The fourth-order valence-electron chi connectivity index (χ4n) is 3.73. The van der Waals surface area contributed by atoms with Crippen LogP contribution in [0.5, 0.6) is 0 Å². The summed E-state index contributed by atoms with van der Waals surface area (Å²) in [5, 5.41) is 5.56. The Morgan fingerprint density at radius 3 is 2.34 bits per heavy atom. The van der Waals surface area contributed by atoms with Gasteiger partial charge in [-0.25, -0.2) is 4.39 Å². The molecule has 1 fully saturated rings. The van der Waals surface area contributed by atoms with Crippen LogP contribution in [0.2, 0.25) is 0 Å². The summed E-state index contributed by atoms with van der Waals surface area (Å²) in [6, 6.07) is 13.2. The van der Waals surface area contributed by atoms with Crippen LogP contribution < -0.4 is 10.6 Å². The van der Waals surface area contributed by atoms with Crippen molar-refractivity contribution in [3.05, 3.63) is 65.5 Å². The molecule has 0 saturated carbocycles. The third kappa shape index (κ3) is 6.88. The molecule has 3 rings (SSSR count). The highest BCUT2D eigenvalue weighted by Gasteiger charge is 2.25. The van der Waals surface area contributed by atoms with E-state index in [4.69, 9.17) is 0 Å². The fourth-order valence-corrected chi connectivity index (χ4v) is 3.73. The monoisotopic (exact) mass is 440 g/mol. The molecular formula is C24H29FN4O3. The van der Waals surface area contributed by atoms with Crippen molar-refractivity contribution in [2.24, 2.45) is 0 Å². The molecule has 1 saturated heterocycles. The lowest BCUT2D eigenvalue weighted by atomic mass is 10.0. The minimum Gasteiger partial charge on any atom is -0.349 e. The van der Waals surface area contributed by atoms with Crippen LogP contribution in [0.1, 0.15) is 30.5 Å². The molecule has 1 aliphatic rings. The van der Waals surface area contributed by atoms with Gasteiger partial charge in [0.15, 0.2) is 0 Å². The van der Waals surface area contributed by atoms with E-state index in [2.05, 4.69) is 10.6 Å². The van der Waals surface area contributed by atoms with Crippen molar-refractivity contribution in [3.8, 4) is 0 Å². The van der Waals surface area contributed by atoms with Gasteiger partial charge in [-0.15, -0.1) is 0 Å². The van der Waals surface area contributed by atoms with Crippen LogP contribution >= 0.6 is 0 Å². The zero-order valence-corrected chi connectivity index (χ0v) is 18.4. The number of aryl methyl sites for hydroxylation is 1. The minimum absolute atomic E-state index is 0.0341. The van der Waals surface area contributed by atoms with Gasteiger partial charge in [-0.1, -0.05) is 35.9 Å². The summed E-state index contributed by atoms with van der Waals surface area (Å²) in [4.78, 5) is 40.5. The molecule has 2 N–H and O–H groups in total. The molecule has 170 valence electrons. The summed E-state index contributed by atoms with van der Waals surface area (Å²) >= 11 is 0. The highest BCUT2D eigenvalue weighted by molar-refractivity contribution is 5.92. The van der Waals surface area contributed by atoms with Gasteiger partial charge < -0.3 is 15.5 Å². The molecule has 0 spiro atoms. The number of benzene rings is 2. The highest BCUT2D eigenvalue weighted by atomic mass is 19.1. The molecule has 32 heavy (non-hydrogen) atoms. The number of halogens is 1. The number of nitrogens with zero attached hydrogens (tertiary/aromatic N) is 2. The number of anilines is 1. The second-order valence-electron chi connectivity index (χ2n) is 8.08. The largest absolute Gasteiger partial charge is 0.349 e. The average Bonchev–Trinajstić information content (AvgIpc) is 2.74. The Morgan fingerprint density at radius 1 is 1.03 bits per heavy atom. The van der Waals surface area contributed by atoms with Crippen LogP contribution in [0, 0.1) is 12.7 Å². The summed E-state index contributed by atoms with van der Waals surface area (Å²) in [6.07, 6.45) is 0.183. The molecule has 7 nitrogen and oxygen atoms in total. The molecule has 0 aromatic heterocycles. The third-order valence-corrected chi connectivity index (χ3v) is 5.44. The summed E-state index contributed by atoms with van der Waals surface area (Å²) in [7, 11) is 0. The first-order valence-electron chi connectivity index (χ1n) is 10.7. The zero-order valence-electron chi connectivity index (χ0n) is 18.4. The van der Waals surface area contributed by atoms with Gasteiger partial charge in [0.05, 0.1) is 19.0 Å². The number of carbonyl (C=O) groups excluding carboxylic acids is 3. The number of rotatable bonds is 7. The lowest BCUT2D eigenvalue weighted by Gasteiger charge is -2.35. The zero-order chi connectivity index (χ0) is 23.1. The maximum Gasteiger partial charge on any atom is 0.238 e. The molecule has 0 aliphatic carbocycles. The Balaban J connectivity index is 1.49. The van der Waals surface area contributed by atoms with Gasteiger partial charge in [-0.3, -0.25) is 19.3 Å². The molecule has 8 heteroatoms. The molecule has 1 aliphatic heterocycles. The fraction of sp³-hybridized carbons (Fsp3) is 0.375. The van der Waals surface area contributed by atoms with Crippen LogP contribution in [-0.4, -0.2) is 60.2 Å². The maximum atomic E-state index is 13.3. The van der Waals surface area contributed by atoms with E-state index in [0.29, 0.717) is 31.9 Å². The summed E-state index contributed by atoms with van der Waals surface area (Å²) in [5.74, 6) is -0.843. The van der Waals surface area contributed by atoms with Crippen molar-refractivity contribution in [2.75, 3.05) is 38.0 Å². The minimum atomic E-state index is -0.405. The lowest BCUT2D eigenvalue weighted by molar-refractivity contribution is -0.133. The Hall–Kier alpha value is -3.26. The van der Waals surface area contributed by atoms with Gasteiger partial charge in [-0.2, -0.15) is 0 Å². The van der Waals surface area contributed by atoms with Crippen LogP contribution in [0.25, 0.3) is 0 Å².